The summed E-state index contributed by atoms with van der Waals surface area (Å²) in [5.41, 5.74) is 1.83. The zero-order chi connectivity index (χ0) is 18.0. The molecule has 3 rings (SSSR count). The Kier molecular flexibility index (Phi) is 4.97. The molecule has 6 heteroatoms. The van der Waals surface area contributed by atoms with E-state index < -0.39 is 0 Å². The van der Waals surface area contributed by atoms with Crippen molar-refractivity contribution < 1.29 is 23.8 Å². The summed E-state index contributed by atoms with van der Waals surface area (Å²) in [6.07, 6.45) is 5.68. The van der Waals surface area contributed by atoms with E-state index >= 15 is 0 Å². The Hall–Kier alpha value is -2.50. The fraction of sp³-hybridized carbons (Fsp3) is 0.474. The standard InChI is InChI=1S/C19H23NO5/c1-12(21)23-15-6-7-16-17-8-9-18(24-13(2)22)19(16)25-14(11-15)5-4-10-20(17)3/h6-9,14-15H,4-5,10-11H2,1-3H3/b7-6-/t14-,15+/m1/s1. The second kappa shape index (κ2) is 7.17. The zero-order valence-corrected chi connectivity index (χ0v) is 14.8. The van der Waals surface area contributed by atoms with Gasteiger partial charge in [-0.3, -0.25) is 9.59 Å². The van der Waals surface area contributed by atoms with Crippen molar-refractivity contribution in [2.24, 2.45) is 0 Å². The van der Waals surface area contributed by atoms with Gasteiger partial charge in [0.15, 0.2) is 11.5 Å². The van der Waals surface area contributed by atoms with Gasteiger partial charge in [0.2, 0.25) is 0 Å². The zero-order valence-electron chi connectivity index (χ0n) is 14.8. The molecule has 6 nitrogen and oxygen atoms in total. The summed E-state index contributed by atoms with van der Waals surface area (Å²) in [6.45, 7) is 3.68. The molecule has 0 N–H and O–H groups in total. The number of hydrogen-bond donors (Lipinski definition) is 0. The van der Waals surface area contributed by atoms with Crippen LogP contribution >= 0.6 is 0 Å². The lowest BCUT2D eigenvalue weighted by atomic mass is 10.0. The number of hydrogen-bond acceptors (Lipinski definition) is 6. The largest absolute Gasteiger partial charge is 0.486 e. The van der Waals surface area contributed by atoms with Crippen LogP contribution in [0.4, 0.5) is 5.69 Å². The molecule has 2 heterocycles. The SMILES string of the molecule is CC(=O)Oc1ccc2c3c1O[C@H](CCCN2C)C[C@@H](OC(C)=O)/C=C\3. The molecule has 0 fully saturated rings. The highest BCUT2D eigenvalue weighted by Crippen LogP contribution is 2.42. The van der Waals surface area contributed by atoms with Gasteiger partial charge in [0, 0.05) is 45.1 Å². The van der Waals surface area contributed by atoms with Gasteiger partial charge in [-0.05, 0) is 37.1 Å². The van der Waals surface area contributed by atoms with Crippen LogP contribution in [0.5, 0.6) is 11.5 Å². The molecule has 1 aromatic carbocycles. The van der Waals surface area contributed by atoms with E-state index in [1.54, 1.807) is 6.07 Å². The minimum Gasteiger partial charge on any atom is -0.486 e. The van der Waals surface area contributed by atoms with Gasteiger partial charge in [-0.1, -0.05) is 0 Å². The fourth-order valence-corrected chi connectivity index (χ4v) is 3.33. The lowest BCUT2D eigenvalue weighted by molar-refractivity contribution is -0.145. The molecule has 0 spiro atoms. The van der Waals surface area contributed by atoms with Crippen LogP contribution in [0.1, 0.15) is 38.7 Å². The van der Waals surface area contributed by atoms with E-state index in [2.05, 4.69) is 4.90 Å². The Morgan fingerprint density at radius 2 is 2.04 bits per heavy atom. The van der Waals surface area contributed by atoms with E-state index in [0.29, 0.717) is 17.9 Å². The summed E-state index contributed by atoms with van der Waals surface area (Å²) in [4.78, 5) is 25.0. The van der Waals surface area contributed by atoms with Crippen LogP contribution in [0.3, 0.4) is 0 Å². The highest BCUT2D eigenvalue weighted by molar-refractivity contribution is 5.79. The number of ether oxygens (including phenoxy) is 3. The number of anilines is 1. The fourth-order valence-electron chi connectivity index (χ4n) is 3.33. The van der Waals surface area contributed by atoms with Crippen molar-refractivity contribution in [1.82, 2.24) is 0 Å². The summed E-state index contributed by atoms with van der Waals surface area (Å²) in [5, 5.41) is 0. The molecular weight excluding hydrogens is 322 g/mol. The Morgan fingerprint density at radius 1 is 1.24 bits per heavy atom. The summed E-state index contributed by atoms with van der Waals surface area (Å²) < 4.78 is 17.0. The molecule has 2 aliphatic rings. The van der Waals surface area contributed by atoms with Gasteiger partial charge >= 0.3 is 11.9 Å². The average Bonchev–Trinajstić information content (AvgIpc) is 2.52. The third-order valence-electron chi connectivity index (χ3n) is 4.40. The maximum absolute atomic E-state index is 11.4. The first-order valence-electron chi connectivity index (χ1n) is 8.52. The Labute approximate surface area is 147 Å². The van der Waals surface area contributed by atoms with E-state index in [9.17, 15) is 9.59 Å². The van der Waals surface area contributed by atoms with Gasteiger partial charge in [0.05, 0.1) is 0 Å². The number of nitrogens with zero attached hydrogens (tertiary/aromatic N) is 1. The molecule has 0 unspecified atom stereocenters. The number of esters is 2. The predicted octanol–water partition coefficient (Wildman–Crippen LogP) is 2.94. The average molecular weight is 345 g/mol. The highest BCUT2D eigenvalue weighted by Gasteiger charge is 2.28. The number of carbonyl (C=O) groups is 2. The first-order valence-corrected chi connectivity index (χ1v) is 8.52. The van der Waals surface area contributed by atoms with Crippen LogP contribution in [0.25, 0.3) is 6.08 Å². The molecule has 2 aliphatic heterocycles. The van der Waals surface area contributed by atoms with Gasteiger partial charge in [0.1, 0.15) is 12.2 Å². The van der Waals surface area contributed by atoms with Crippen LogP contribution < -0.4 is 14.4 Å². The van der Waals surface area contributed by atoms with Crippen molar-refractivity contribution >= 4 is 23.7 Å². The maximum atomic E-state index is 11.4. The van der Waals surface area contributed by atoms with E-state index in [1.165, 1.54) is 13.8 Å². The van der Waals surface area contributed by atoms with Crippen molar-refractivity contribution in [3.05, 3.63) is 23.8 Å². The minimum absolute atomic E-state index is 0.121. The van der Waals surface area contributed by atoms with Gasteiger partial charge in [-0.2, -0.15) is 0 Å². The van der Waals surface area contributed by atoms with Gasteiger partial charge in [-0.25, -0.2) is 0 Å². The molecule has 4 bridgehead atoms. The maximum Gasteiger partial charge on any atom is 0.308 e. The first kappa shape index (κ1) is 17.3. The predicted molar refractivity (Wildman–Crippen MR) is 93.9 cm³/mol. The topological polar surface area (TPSA) is 65.1 Å². The lowest BCUT2D eigenvalue weighted by Crippen LogP contribution is -2.27. The van der Waals surface area contributed by atoms with Crippen molar-refractivity contribution in [1.29, 1.82) is 0 Å². The van der Waals surface area contributed by atoms with E-state index in [4.69, 9.17) is 14.2 Å². The third kappa shape index (κ3) is 3.95. The summed E-state index contributed by atoms with van der Waals surface area (Å²) in [5.74, 6) is 0.295. The second-order valence-electron chi connectivity index (χ2n) is 6.47. The van der Waals surface area contributed by atoms with Crippen molar-refractivity contribution in [3.8, 4) is 11.5 Å². The molecule has 1 aromatic rings. The number of benzene rings is 1. The van der Waals surface area contributed by atoms with Crippen LogP contribution in [0.15, 0.2) is 18.2 Å². The molecule has 0 saturated carbocycles. The molecule has 25 heavy (non-hydrogen) atoms. The summed E-state index contributed by atoms with van der Waals surface area (Å²) >= 11 is 0. The first-order chi connectivity index (χ1) is 11.9. The third-order valence-corrected chi connectivity index (χ3v) is 4.40. The van der Waals surface area contributed by atoms with Gasteiger partial charge in [-0.15, -0.1) is 0 Å². The molecule has 0 aliphatic carbocycles. The molecular formula is C19H23NO5. The Morgan fingerprint density at radius 3 is 2.76 bits per heavy atom. The number of fused-ring (bicyclic) bond motifs is 1. The van der Waals surface area contributed by atoms with Gasteiger partial charge in [0.25, 0.3) is 0 Å². The molecule has 134 valence electrons. The highest BCUT2D eigenvalue weighted by atomic mass is 16.6. The smallest absolute Gasteiger partial charge is 0.308 e. The molecule has 0 aromatic heterocycles. The van der Waals surface area contributed by atoms with Crippen LogP contribution in [-0.2, 0) is 14.3 Å². The Balaban J connectivity index is 2.11. The monoisotopic (exact) mass is 345 g/mol. The normalized spacial score (nSPS) is 23.2. The molecule has 0 radical (unpaired) electrons. The van der Waals surface area contributed by atoms with E-state index in [0.717, 1.165) is 30.6 Å². The minimum atomic E-state index is -0.387. The second-order valence-corrected chi connectivity index (χ2v) is 6.47. The van der Waals surface area contributed by atoms with E-state index in [-0.39, 0.29) is 24.1 Å². The summed E-state index contributed by atoms with van der Waals surface area (Å²) in [6, 6.07) is 3.70. The quantitative estimate of drug-likeness (QED) is 0.606. The lowest BCUT2D eigenvalue weighted by Gasteiger charge is -2.27. The molecule has 0 amide bonds. The number of rotatable bonds is 2. The molecule has 2 atom stereocenters. The Bertz CT molecular complexity index is 712. The van der Waals surface area contributed by atoms with Crippen molar-refractivity contribution in [3.63, 3.8) is 0 Å². The molecule has 0 saturated heterocycles. The van der Waals surface area contributed by atoms with Crippen molar-refractivity contribution in [2.45, 2.75) is 45.3 Å². The summed E-state index contributed by atoms with van der Waals surface area (Å²) in [7, 11) is 2.03. The van der Waals surface area contributed by atoms with Gasteiger partial charge < -0.3 is 19.1 Å². The number of carbonyl (C=O) groups excluding carboxylic acids is 2. The van der Waals surface area contributed by atoms with Crippen LogP contribution in [0.2, 0.25) is 0 Å². The van der Waals surface area contributed by atoms with Crippen molar-refractivity contribution in [2.75, 3.05) is 18.5 Å². The van der Waals surface area contributed by atoms with E-state index in [1.807, 2.05) is 25.3 Å². The van der Waals surface area contributed by atoms with Crippen LogP contribution in [0, 0.1) is 0 Å². The van der Waals surface area contributed by atoms with Crippen LogP contribution in [-0.4, -0.2) is 37.7 Å².